The van der Waals surface area contributed by atoms with Gasteiger partial charge in [-0.1, -0.05) is 0 Å². The van der Waals surface area contributed by atoms with E-state index in [0.29, 0.717) is 49.7 Å². The van der Waals surface area contributed by atoms with Crippen LogP contribution < -0.4 is 5.56 Å². The predicted molar refractivity (Wildman–Crippen MR) is 115 cm³/mol. The second-order valence-electron chi connectivity index (χ2n) is 8.79. The Bertz CT molecular complexity index is 1110. The fourth-order valence-electron chi connectivity index (χ4n) is 4.94. The molecule has 3 aliphatic rings. The van der Waals surface area contributed by atoms with Gasteiger partial charge in [0, 0.05) is 44.1 Å². The molecule has 0 aromatic carbocycles. The summed E-state index contributed by atoms with van der Waals surface area (Å²) in [6.45, 7) is 4.34. The summed E-state index contributed by atoms with van der Waals surface area (Å²) in [4.78, 5) is 54.2. The smallest absolute Gasteiger partial charge is 0.256 e. The molecular formula is C23H27N5O4. The van der Waals surface area contributed by atoms with Crippen molar-refractivity contribution in [3.8, 4) is 0 Å². The van der Waals surface area contributed by atoms with Crippen molar-refractivity contribution in [3.05, 3.63) is 57.0 Å². The third-order valence-corrected chi connectivity index (χ3v) is 6.76. The number of carbonyl (C=O) groups is 2. The number of hydrogen-bond acceptors (Lipinski definition) is 6. The van der Waals surface area contributed by atoms with Gasteiger partial charge in [-0.25, -0.2) is 4.98 Å². The van der Waals surface area contributed by atoms with Crippen molar-refractivity contribution in [2.45, 2.75) is 45.2 Å². The Balaban J connectivity index is 1.37. The van der Waals surface area contributed by atoms with Crippen LogP contribution in [0.5, 0.6) is 0 Å². The van der Waals surface area contributed by atoms with Crippen molar-refractivity contribution in [3.63, 3.8) is 0 Å². The second-order valence-corrected chi connectivity index (χ2v) is 8.79. The van der Waals surface area contributed by atoms with Crippen molar-refractivity contribution in [2.24, 2.45) is 5.92 Å². The van der Waals surface area contributed by atoms with Crippen LogP contribution >= 0.6 is 0 Å². The molecule has 3 aliphatic heterocycles. The molecule has 0 unspecified atom stereocenters. The van der Waals surface area contributed by atoms with Crippen LogP contribution in [0.2, 0.25) is 0 Å². The Kier molecular flexibility index (Phi) is 5.50. The van der Waals surface area contributed by atoms with E-state index in [0.717, 1.165) is 30.5 Å². The van der Waals surface area contributed by atoms with E-state index in [2.05, 4.69) is 9.97 Å². The number of nitrogens with one attached hydrogen (secondary N) is 1. The van der Waals surface area contributed by atoms with E-state index in [9.17, 15) is 14.4 Å². The van der Waals surface area contributed by atoms with Crippen molar-refractivity contribution in [2.75, 3.05) is 26.3 Å². The zero-order valence-electron chi connectivity index (χ0n) is 18.2. The molecule has 5 rings (SSSR count). The van der Waals surface area contributed by atoms with Gasteiger partial charge >= 0.3 is 0 Å². The van der Waals surface area contributed by atoms with Gasteiger partial charge in [-0.3, -0.25) is 19.4 Å². The fourth-order valence-corrected chi connectivity index (χ4v) is 4.94. The summed E-state index contributed by atoms with van der Waals surface area (Å²) in [5.74, 6) is 0.444. The minimum Gasteiger partial charge on any atom is -0.381 e. The summed E-state index contributed by atoms with van der Waals surface area (Å²) < 4.78 is 5.38. The molecule has 2 saturated heterocycles. The molecule has 0 aliphatic carbocycles. The van der Waals surface area contributed by atoms with E-state index in [1.807, 2.05) is 11.8 Å². The molecule has 2 fully saturated rings. The Morgan fingerprint density at radius 1 is 1.25 bits per heavy atom. The Morgan fingerprint density at radius 3 is 2.91 bits per heavy atom. The molecule has 0 spiro atoms. The van der Waals surface area contributed by atoms with Gasteiger partial charge in [-0.2, -0.15) is 0 Å². The van der Waals surface area contributed by atoms with Crippen LogP contribution in [0.1, 0.15) is 58.3 Å². The lowest BCUT2D eigenvalue weighted by Gasteiger charge is -2.30. The predicted octanol–water partition coefficient (Wildman–Crippen LogP) is 1.37. The normalized spacial score (nSPS) is 22.8. The van der Waals surface area contributed by atoms with Crippen LogP contribution in [-0.2, 0) is 22.5 Å². The number of ether oxygens (including phenoxy) is 1. The molecule has 0 radical (unpaired) electrons. The first kappa shape index (κ1) is 20.8. The number of rotatable bonds is 3. The summed E-state index contributed by atoms with van der Waals surface area (Å²) in [5.41, 5.74) is 2.44. The van der Waals surface area contributed by atoms with Crippen LogP contribution in [0.4, 0.5) is 0 Å². The van der Waals surface area contributed by atoms with Crippen LogP contribution in [0.25, 0.3) is 0 Å². The number of nitrogens with zero attached hydrogens (tertiary/aromatic N) is 4. The number of aryl methyl sites for hydroxylation is 1. The topological polar surface area (TPSA) is 108 Å². The maximum Gasteiger partial charge on any atom is 0.256 e. The van der Waals surface area contributed by atoms with Gasteiger partial charge in [0.2, 0.25) is 5.91 Å². The van der Waals surface area contributed by atoms with Crippen LogP contribution in [0.3, 0.4) is 0 Å². The number of fused-ring (bicyclic) bond motifs is 1. The standard InChI is InChI=1S/C23H27N5O4/c1-14-11-24-7-4-16(14)23(31)27-9-5-18-17(12-27)21(29)26-20(25-18)19-3-2-8-28(19)22(30)15-6-10-32-13-15/h4,7,11,15,19H,2-3,5-6,8-10,12-13H2,1H3,(H,25,26,29)/t15-,19+/m1/s1. The molecule has 0 saturated carbocycles. The van der Waals surface area contributed by atoms with E-state index in [1.54, 1.807) is 23.4 Å². The summed E-state index contributed by atoms with van der Waals surface area (Å²) in [6, 6.07) is 1.50. The van der Waals surface area contributed by atoms with Gasteiger partial charge in [-0.15, -0.1) is 0 Å². The highest BCUT2D eigenvalue weighted by Gasteiger charge is 2.37. The number of aromatic amines is 1. The van der Waals surface area contributed by atoms with Gasteiger partial charge in [0.05, 0.1) is 36.4 Å². The summed E-state index contributed by atoms with van der Waals surface area (Å²) >= 11 is 0. The number of aromatic nitrogens is 3. The molecule has 9 nitrogen and oxygen atoms in total. The number of amides is 2. The molecule has 2 aromatic rings. The third-order valence-electron chi connectivity index (χ3n) is 6.76. The summed E-state index contributed by atoms with van der Waals surface area (Å²) in [7, 11) is 0. The highest BCUT2D eigenvalue weighted by molar-refractivity contribution is 5.95. The number of hydrogen-bond donors (Lipinski definition) is 1. The summed E-state index contributed by atoms with van der Waals surface area (Å²) in [6.07, 6.45) is 6.20. The van der Waals surface area contributed by atoms with Gasteiger partial charge in [0.25, 0.3) is 11.5 Å². The van der Waals surface area contributed by atoms with Gasteiger partial charge in [0.1, 0.15) is 5.82 Å². The van der Waals surface area contributed by atoms with Crippen molar-refractivity contribution in [1.29, 1.82) is 0 Å². The number of pyridine rings is 1. The fraction of sp³-hybridized carbons (Fsp3) is 0.522. The van der Waals surface area contributed by atoms with Crippen LogP contribution in [0, 0.1) is 12.8 Å². The van der Waals surface area contributed by atoms with Gasteiger partial charge in [-0.05, 0) is 37.8 Å². The number of carbonyl (C=O) groups excluding carboxylic acids is 2. The van der Waals surface area contributed by atoms with Crippen molar-refractivity contribution >= 4 is 11.8 Å². The second kappa shape index (κ2) is 8.46. The molecule has 0 bridgehead atoms. The number of likely N-dealkylation sites (tertiary alicyclic amines) is 1. The Labute approximate surface area is 185 Å². The van der Waals surface area contributed by atoms with E-state index in [-0.39, 0.29) is 35.9 Å². The molecular weight excluding hydrogens is 410 g/mol. The lowest BCUT2D eigenvalue weighted by molar-refractivity contribution is -0.136. The quantitative estimate of drug-likeness (QED) is 0.777. The first-order valence-corrected chi connectivity index (χ1v) is 11.2. The minimum atomic E-state index is -0.225. The average Bonchev–Trinajstić information content (AvgIpc) is 3.51. The largest absolute Gasteiger partial charge is 0.381 e. The van der Waals surface area contributed by atoms with Crippen LogP contribution in [0.15, 0.2) is 23.3 Å². The molecule has 5 heterocycles. The highest BCUT2D eigenvalue weighted by Crippen LogP contribution is 2.33. The van der Waals surface area contributed by atoms with Crippen molar-refractivity contribution in [1.82, 2.24) is 24.8 Å². The average molecular weight is 438 g/mol. The zero-order valence-corrected chi connectivity index (χ0v) is 18.2. The SMILES string of the molecule is Cc1cnccc1C(=O)N1CCc2nc([C@@H]3CCCN3C(=O)[C@@H]3CCOC3)[nH]c(=O)c2C1. The molecule has 2 atom stereocenters. The van der Waals surface area contributed by atoms with Gasteiger partial charge in [0.15, 0.2) is 0 Å². The zero-order chi connectivity index (χ0) is 22.2. The van der Waals surface area contributed by atoms with Crippen LogP contribution in [-0.4, -0.2) is 62.9 Å². The maximum absolute atomic E-state index is 13.0. The molecule has 9 heteroatoms. The summed E-state index contributed by atoms with van der Waals surface area (Å²) in [5, 5.41) is 0. The van der Waals surface area contributed by atoms with E-state index < -0.39 is 0 Å². The van der Waals surface area contributed by atoms with E-state index >= 15 is 0 Å². The molecule has 2 aromatic heterocycles. The van der Waals surface area contributed by atoms with E-state index in [1.165, 1.54) is 0 Å². The van der Waals surface area contributed by atoms with Gasteiger partial charge < -0.3 is 19.5 Å². The molecule has 32 heavy (non-hydrogen) atoms. The lowest BCUT2D eigenvalue weighted by atomic mass is 10.0. The lowest BCUT2D eigenvalue weighted by Crippen LogP contribution is -2.41. The third kappa shape index (κ3) is 3.70. The monoisotopic (exact) mass is 437 g/mol. The molecule has 1 N–H and O–H groups in total. The first-order valence-electron chi connectivity index (χ1n) is 11.2. The Hall–Kier alpha value is -3.07. The first-order chi connectivity index (χ1) is 15.5. The van der Waals surface area contributed by atoms with Crippen molar-refractivity contribution < 1.29 is 14.3 Å². The molecule has 168 valence electrons. The number of H-pyrrole nitrogens is 1. The maximum atomic E-state index is 13.0. The van der Waals surface area contributed by atoms with E-state index in [4.69, 9.17) is 9.72 Å². The highest BCUT2D eigenvalue weighted by atomic mass is 16.5. The Morgan fingerprint density at radius 2 is 2.12 bits per heavy atom. The minimum absolute atomic E-state index is 0.0925. The molecule has 2 amide bonds.